The number of phenols is 1. The van der Waals surface area contributed by atoms with E-state index in [1.54, 1.807) is 18.2 Å². The van der Waals surface area contributed by atoms with E-state index in [9.17, 15) is 14.7 Å². The number of benzene rings is 1. The zero-order valence-corrected chi connectivity index (χ0v) is 13.5. The lowest BCUT2D eigenvalue weighted by Crippen LogP contribution is -2.22. The van der Waals surface area contributed by atoms with Crippen LogP contribution in [0.25, 0.3) is 6.08 Å². The highest BCUT2D eigenvalue weighted by Gasteiger charge is 2.10. The monoisotopic (exact) mass is 325 g/mol. The minimum atomic E-state index is -0.128. The zero-order chi connectivity index (χ0) is 16.5. The van der Waals surface area contributed by atoms with Crippen LogP contribution in [0.3, 0.4) is 0 Å². The van der Waals surface area contributed by atoms with Gasteiger partial charge in [-0.3, -0.25) is 9.59 Å². The van der Waals surface area contributed by atoms with Crippen molar-refractivity contribution in [3.05, 3.63) is 23.8 Å². The van der Waals surface area contributed by atoms with Crippen molar-refractivity contribution in [3.63, 3.8) is 0 Å². The van der Waals surface area contributed by atoms with Gasteiger partial charge in [0.1, 0.15) is 0 Å². The van der Waals surface area contributed by atoms with Crippen LogP contribution >= 0.6 is 11.8 Å². The number of carbonyl (C=O) groups is 2. The molecule has 0 bridgehead atoms. The standard InChI is InChI=1S/C15H19NO5S/c1-10(17)16-6-7-22-14(18)5-4-11-8-12(20-2)15(19)13(9-11)21-3/h4-5,8-9,19H,6-7H2,1-3H3,(H,16,17)/b5-4+. The number of aromatic hydroxyl groups is 1. The number of thioether (sulfide) groups is 1. The minimum Gasteiger partial charge on any atom is -0.502 e. The van der Waals surface area contributed by atoms with E-state index >= 15 is 0 Å². The van der Waals surface area contributed by atoms with Gasteiger partial charge in [0.05, 0.1) is 14.2 Å². The van der Waals surface area contributed by atoms with Gasteiger partial charge in [-0.25, -0.2) is 0 Å². The summed E-state index contributed by atoms with van der Waals surface area (Å²) in [7, 11) is 2.87. The topological polar surface area (TPSA) is 84.9 Å². The number of carbonyl (C=O) groups excluding carboxylic acids is 2. The van der Waals surface area contributed by atoms with E-state index in [1.165, 1.54) is 27.2 Å². The smallest absolute Gasteiger partial charge is 0.216 e. The first kappa shape index (κ1) is 17.9. The molecule has 22 heavy (non-hydrogen) atoms. The summed E-state index contributed by atoms with van der Waals surface area (Å²) in [6.45, 7) is 1.87. The lowest BCUT2D eigenvalue weighted by atomic mass is 10.1. The van der Waals surface area contributed by atoms with Crippen molar-refractivity contribution >= 4 is 28.9 Å². The first-order chi connectivity index (χ1) is 10.5. The Bertz CT molecular complexity index is 546. The average Bonchev–Trinajstić information content (AvgIpc) is 2.50. The number of nitrogens with one attached hydrogen (secondary N) is 1. The maximum Gasteiger partial charge on any atom is 0.216 e. The Morgan fingerprint density at radius 3 is 2.36 bits per heavy atom. The van der Waals surface area contributed by atoms with Crippen molar-refractivity contribution in [1.82, 2.24) is 5.32 Å². The van der Waals surface area contributed by atoms with E-state index in [0.717, 1.165) is 11.8 Å². The van der Waals surface area contributed by atoms with E-state index in [-0.39, 0.29) is 28.3 Å². The van der Waals surface area contributed by atoms with Gasteiger partial charge in [-0.15, -0.1) is 0 Å². The number of methoxy groups -OCH3 is 2. The number of amides is 1. The second-order valence-corrected chi connectivity index (χ2v) is 5.36. The molecule has 0 saturated carbocycles. The predicted molar refractivity (Wildman–Crippen MR) is 86.4 cm³/mol. The van der Waals surface area contributed by atoms with Gasteiger partial charge in [0, 0.05) is 19.2 Å². The number of hydrogen-bond acceptors (Lipinski definition) is 6. The van der Waals surface area contributed by atoms with Crippen molar-refractivity contribution < 1.29 is 24.2 Å². The molecule has 1 aromatic carbocycles. The van der Waals surface area contributed by atoms with Gasteiger partial charge in [-0.05, 0) is 23.8 Å². The van der Waals surface area contributed by atoms with Crippen LogP contribution in [0.4, 0.5) is 0 Å². The summed E-state index contributed by atoms with van der Waals surface area (Å²) < 4.78 is 10.1. The van der Waals surface area contributed by atoms with Crippen LogP contribution in [-0.2, 0) is 9.59 Å². The molecular weight excluding hydrogens is 306 g/mol. The largest absolute Gasteiger partial charge is 0.502 e. The Labute approximate surface area is 133 Å². The van der Waals surface area contributed by atoms with Crippen molar-refractivity contribution in [1.29, 1.82) is 0 Å². The van der Waals surface area contributed by atoms with Gasteiger partial charge in [-0.2, -0.15) is 0 Å². The second-order valence-electron chi connectivity index (χ2n) is 4.26. The van der Waals surface area contributed by atoms with Crippen LogP contribution in [0, 0.1) is 0 Å². The van der Waals surface area contributed by atoms with Crippen LogP contribution < -0.4 is 14.8 Å². The fourth-order valence-corrected chi connectivity index (χ4v) is 2.17. The van der Waals surface area contributed by atoms with E-state index in [1.807, 2.05) is 0 Å². The first-order valence-electron chi connectivity index (χ1n) is 6.52. The third kappa shape index (κ3) is 5.69. The fourth-order valence-electron chi connectivity index (χ4n) is 1.60. The summed E-state index contributed by atoms with van der Waals surface area (Å²) in [6, 6.07) is 3.20. The molecule has 1 rings (SSSR count). The van der Waals surface area contributed by atoms with Gasteiger partial charge in [-0.1, -0.05) is 17.8 Å². The van der Waals surface area contributed by atoms with Gasteiger partial charge in [0.15, 0.2) is 11.5 Å². The van der Waals surface area contributed by atoms with Gasteiger partial charge in [0.2, 0.25) is 16.8 Å². The van der Waals surface area contributed by atoms with Gasteiger partial charge in [0.25, 0.3) is 0 Å². The third-order valence-corrected chi connectivity index (χ3v) is 3.46. The number of phenolic OH excluding ortho intramolecular Hbond substituents is 1. The zero-order valence-electron chi connectivity index (χ0n) is 12.7. The molecule has 2 N–H and O–H groups in total. The number of ether oxygens (including phenoxy) is 2. The van der Waals surface area contributed by atoms with Crippen molar-refractivity contribution in [2.24, 2.45) is 0 Å². The Balaban J connectivity index is 2.65. The van der Waals surface area contributed by atoms with Crippen LogP contribution in [0.2, 0.25) is 0 Å². The highest BCUT2D eigenvalue weighted by Crippen LogP contribution is 2.37. The molecule has 0 heterocycles. The summed E-state index contributed by atoms with van der Waals surface area (Å²) >= 11 is 1.11. The summed E-state index contributed by atoms with van der Waals surface area (Å²) in [6.07, 6.45) is 3.03. The molecule has 0 unspecified atom stereocenters. The van der Waals surface area contributed by atoms with E-state index in [0.29, 0.717) is 17.9 Å². The van der Waals surface area contributed by atoms with Crippen molar-refractivity contribution in [3.8, 4) is 17.2 Å². The molecule has 1 amide bonds. The number of rotatable bonds is 7. The maximum atomic E-state index is 11.7. The van der Waals surface area contributed by atoms with E-state index in [2.05, 4.69) is 5.32 Å². The molecule has 0 atom stereocenters. The predicted octanol–water partition coefficient (Wildman–Crippen LogP) is 1.82. The lowest BCUT2D eigenvalue weighted by Gasteiger charge is -2.09. The number of hydrogen-bond donors (Lipinski definition) is 2. The SMILES string of the molecule is COc1cc(/C=C/C(=O)SCCNC(C)=O)cc(OC)c1O. The molecule has 0 radical (unpaired) electrons. The Morgan fingerprint density at radius 1 is 1.27 bits per heavy atom. The Kier molecular flexibility index (Phi) is 7.31. The molecular formula is C15H19NO5S. The normalized spacial score (nSPS) is 10.5. The molecule has 0 saturated heterocycles. The quantitative estimate of drug-likeness (QED) is 0.587. The summed E-state index contributed by atoms with van der Waals surface area (Å²) in [5, 5.41) is 12.3. The van der Waals surface area contributed by atoms with Crippen LogP contribution in [0.5, 0.6) is 17.2 Å². The Hall–Kier alpha value is -2.15. The van der Waals surface area contributed by atoms with Crippen LogP contribution in [-0.4, -0.2) is 42.6 Å². The van der Waals surface area contributed by atoms with Crippen LogP contribution in [0.15, 0.2) is 18.2 Å². The molecule has 0 aliphatic heterocycles. The Morgan fingerprint density at radius 2 is 1.86 bits per heavy atom. The molecule has 120 valence electrons. The van der Waals surface area contributed by atoms with E-state index < -0.39 is 0 Å². The highest BCUT2D eigenvalue weighted by atomic mass is 32.2. The molecule has 0 aliphatic rings. The van der Waals surface area contributed by atoms with Gasteiger partial charge >= 0.3 is 0 Å². The minimum absolute atomic E-state index is 0.0850. The molecule has 0 aromatic heterocycles. The molecule has 0 fully saturated rings. The van der Waals surface area contributed by atoms with E-state index in [4.69, 9.17) is 9.47 Å². The first-order valence-corrected chi connectivity index (χ1v) is 7.50. The summed E-state index contributed by atoms with van der Waals surface area (Å²) in [5.41, 5.74) is 0.669. The highest BCUT2D eigenvalue weighted by molar-refractivity contribution is 8.14. The second kappa shape index (κ2) is 8.99. The van der Waals surface area contributed by atoms with Crippen molar-refractivity contribution in [2.45, 2.75) is 6.92 Å². The lowest BCUT2D eigenvalue weighted by molar-refractivity contribution is -0.118. The van der Waals surface area contributed by atoms with Crippen LogP contribution in [0.1, 0.15) is 12.5 Å². The van der Waals surface area contributed by atoms with Crippen molar-refractivity contribution in [2.75, 3.05) is 26.5 Å². The fraction of sp³-hybridized carbons (Fsp3) is 0.333. The summed E-state index contributed by atoms with van der Waals surface area (Å²) in [5.74, 6) is 0.838. The molecule has 7 heteroatoms. The summed E-state index contributed by atoms with van der Waals surface area (Å²) in [4.78, 5) is 22.4. The maximum absolute atomic E-state index is 11.7. The molecule has 1 aromatic rings. The molecule has 6 nitrogen and oxygen atoms in total. The van der Waals surface area contributed by atoms with Gasteiger partial charge < -0.3 is 19.9 Å². The molecule has 0 spiro atoms. The molecule has 0 aliphatic carbocycles. The average molecular weight is 325 g/mol. The third-order valence-electron chi connectivity index (χ3n) is 2.63.